The first-order valence-electron chi connectivity index (χ1n) is 7.74. The van der Waals surface area contributed by atoms with Crippen LogP contribution in [0.25, 0.3) is 11.3 Å². The van der Waals surface area contributed by atoms with E-state index in [0.29, 0.717) is 11.1 Å². The number of nitrogens with one attached hydrogen (secondary N) is 1. The zero-order chi connectivity index (χ0) is 16.4. The zero-order valence-electron chi connectivity index (χ0n) is 13.1. The number of phenols is 1. The number of aromatic hydroxyl groups is 1. The summed E-state index contributed by atoms with van der Waals surface area (Å²) >= 11 is 0. The normalized spacial score (nSPS) is 13.5. The van der Waals surface area contributed by atoms with Crippen molar-refractivity contribution < 1.29 is 5.11 Å². The summed E-state index contributed by atoms with van der Waals surface area (Å²) in [6.07, 6.45) is 6.05. The second-order valence-corrected chi connectivity index (χ2v) is 5.65. The fourth-order valence-electron chi connectivity index (χ4n) is 2.84. The van der Waals surface area contributed by atoms with Gasteiger partial charge in [-0.15, -0.1) is 0 Å². The van der Waals surface area contributed by atoms with Gasteiger partial charge >= 0.3 is 0 Å². The highest BCUT2D eigenvalue weighted by Crippen LogP contribution is 2.39. The lowest BCUT2D eigenvalue weighted by atomic mass is 9.93. The van der Waals surface area contributed by atoms with E-state index in [1.165, 1.54) is 0 Å². The van der Waals surface area contributed by atoms with Crippen LogP contribution < -0.4 is 0 Å². The summed E-state index contributed by atoms with van der Waals surface area (Å²) in [5, 5.41) is 19.4. The molecule has 0 unspecified atom stereocenters. The molecule has 2 heterocycles. The number of aromatic amines is 1. The minimum absolute atomic E-state index is 0.172. The van der Waals surface area contributed by atoms with Gasteiger partial charge < -0.3 is 15.0 Å². The van der Waals surface area contributed by atoms with Crippen LogP contribution in [0.15, 0.2) is 43.2 Å². The van der Waals surface area contributed by atoms with Gasteiger partial charge in [0.2, 0.25) is 0 Å². The highest BCUT2D eigenvalue weighted by atomic mass is 16.3. The molecule has 0 saturated carbocycles. The molecule has 0 radical (unpaired) electrons. The van der Waals surface area contributed by atoms with Crippen molar-refractivity contribution in [2.45, 2.75) is 19.8 Å². The van der Waals surface area contributed by atoms with Gasteiger partial charge in [0.05, 0.1) is 23.0 Å². The number of H-pyrrole nitrogens is 1. The number of hydrogen-bond acceptors (Lipinski definition) is 3. The summed E-state index contributed by atoms with van der Waals surface area (Å²) < 4.78 is 0. The van der Waals surface area contributed by atoms with Crippen LogP contribution in [0.2, 0.25) is 0 Å². The monoisotopic (exact) mass is 305 g/mol. The molecule has 2 N–H and O–H groups in total. The van der Waals surface area contributed by atoms with Crippen molar-refractivity contribution in [1.82, 2.24) is 9.88 Å². The summed E-state index contributed by atoms with van der Waals surface area (Å²) in [5.41, 5.74) is 4.98. The third kappa shape index (κ3) is 2.62. The molecule has 0 atom stereocenters. The largest absolute Gasteiger partial charge is 0.507 e. The van der Waals surface area contributed by atoms with Crippen LogP contribution in [0.4, 0.5) is 0 Å². The summed E-state index contributed by atoms with van der Waals surface area (Å²) in [6, 6.07) is 9.02. The number of nitrogens with zero attached hydrogens (tertiary/aromatic N) is 2. The molecule has 1 aromatic carbocycles. The van der Waals surface area contributed by atoms with Crippen LogP contribution in [0.1, 0.15) is 42.1 Å². The average Bonchev–Trinajstić information content (AvgIpc) is 3.05. The molecule has 1 aliphatic heterocycles. The minimum atomic E-state index is 0.172. The maximum atomic E-state index is 10.3. The first-order valence-corrected chi connectivity index (χ1v) is 7.74. The van der Waals surface area contributed by atoms with Gasteiger partial charge in [0, 0.05) is 35.6 Å². The van der Waals surface area contributed by atoms with Crippen LogP contribution in [0.3, 0.4) is 0 Å². The Balaban J connectivity index is 2.13. The standard InChI is InChI=1S/C19H19N3O/c1-3-4-9-22-12-17(15-7-8-21-19(15)13(22)2)16-10-14(11-20)5-6-18(16)23/h5-8,10,12,21,23H,2-4,9H2,1H3. The number of hydrogen-bond donors (Lipinski definition) is 2. The molecule has 23 heavy (non-hydrogen) atoms. The Bertz CT molecular complexity index is 823. The summed E-state index contributed by atoms with van der Waals surface area (Å²) in [7, 11) is 0. The topological polar surface area (TPSA) is 63.1 Å². The van der Waals surface area contributed by atoms with Gasteiger partial charge in [0.1, 0.15) is 5.75 Å². The van der Waals surface area contributed by atoms with Crippen molar-refractivity contribution >= 4 is 11.3 Å². The number of benzene rings is 1. The van der Waals surface area contributed by atoms with E-state index in [-0.39, 0.29) is 5.75 Å². The van der Waals surface area contributed by atoms with Crippen molar-refractivity contribution in [2.24, 2.45) is 0 Å². The fourth-order valence-corrected chi connectivity index (χ4v) is 2.84. The zero-order valence-corrected chi connectivity index (χ0v) is 13.1. The molecule has 1 aliphatic rings. The van der Waals surface area contributed by atoms with Crippen molar-refractivity contribution in [3.63, 3.8) is 0 Å². The van der Waals surface area contributed by atoms with E-state index in [4.69, 9.17) is 5.26 Å². The van der Waals surface area contributed by atoms with Crippen LogP contribution in [-0.2, 0) is 0 Å². The number of nitriles is 1. The lowest BCUT2D eigenvalue weighted by Crippen LogP contribution is -2.21. The van der Waals surface area contributed by atoms with Crippen molar-refractivity contribution in [3.05, 3.63) is 65.6 Å². The van der Waals surface area contributed by atoms with Gasteiger partial charge in [-0.2, -0.15) is 5.26 Å². The van der Waals surface area contributed by atoms with Crippen LogP contribution in [0.5, 0.6) is 5.75 Å². The number of unbranched alkanes of at least 4 members (excludes halogenated alkanes) is 1. The Morgan fingerprint density at radius 3 is 2.87 bits per heavy atom. The van der Waals surface area contributed by atoms with E-state index < -0.39 is 0 Å². The molecule has 2 aromatic rings. The molecule has 116 valence electrons. The molecule has 0 aliphatic carbocycles. The first-order chi connectivity index (χ1) is 11.2. The molecule has 0 saturated heterocycles. The molecular formula is C19H19N3O. The average molecular weight is 305 g/mol. The summed E-state index contributed by atoms with van der Waals surface area (Å²) in [4.78, 5) is 5.34. The Kier molecular flexibility index (Phi) is 3.94. The Labute approximate surface area is 136 Å². The van der Waals surface area contributed by atoms with Crippen molar-refractivity contribution in [1.29, 1.82) is 5.26 Å². The summed E-state index contributed by atoms with van der Waals surface area (Å²) in [5.74, 6) is 0.172. The van der Waals surface area contributed by atoms with E-state index >= 15 is 0 Å². The highest BCUT2D eigenvalue weighted by Gasteiger charge is 2.24. The second kappa shape index (κ2) is 6.05. The number of fused-ring (bicyclic) bond motifs is 1. The highest BCUT2D eigenvalue weighted by molar-refractivity contribution is 5.91. The first kappa shape index (κ1) is 15.0. The number of aromatic nitrogens is 1. The lowest BCUT2D eigenvalue weighted by molar-refractivity contribution is 0.472. The second-order valence-electron chi connectivity index (χ2n) is 5.65. The van der Waals surface area contributed by atoms with Gasteiger partial charge in [0.25, 0.3) is 0 Å². The van der Waals surface area contributed by atoms with E-state index in [1.807, 2.05) is 18.5 Å². The maximum Gasteiger partial charge on any atom is 0.123 e. The molecule has 4 nitrogen and oxygen atoms in total. The van der Waals surface area contributed by atoms with Gasteiger partial charge in [-0.3, -0.25) is 0 Å². The predicted octanol–water partition coefficient (Wildman–Crippen LogP) is 4.07. The van der Waals surface area contributed by atoms with E-state index in [9.17, 15) is 5.11 Å². The van der Waals surface area contributed by atoms with Gasteiger partial charge in [0.15, 0.2) is 0 Å². The SMILES string of the molecule is C=C1c2[nH]ccc2C(c2cc(C#N)ccc2O)=CN1CCCC. The van der Waals surface area contributed by atoms with E-state index in [2.05, 4.69) is 29.5 Å². The number of rotatable bonds is 4. The van der Waals surface area contributed by atoms with E-state index in [1.54, 1.807) is 18.2 Å². The molecule has 3 rings (SSSR count). The molecule has 1 aromatic heterocycles. The van der Waals surface area contributed by atoms with Crippen LogP contribution in [0, 0.1) is 11.3 Å². The molecule has 0 bridgehead atoms. The molecule has 0 amide bonds. The van der Waals surface area contributed by atoms with Crippen LogP contribution >= 0.6 is 0 Å². The lowest BCUT2D eigenvalue weighted by Gasteiger charge is -2.29. The molecule has 4 heteroatoms. The van der Waals surface area contributed by atoms with Crippen molar-refractivity contribution in [3.8, 4) is 11.8 Å². The predicted molar refractivity (Wildman–Crippen MR) is 91.3 cm³/mol. The third-order valence-electron chi connectivity index (χ3n) is 4.13. The minimum Gasteiger partial charge on any atom is -0.507 e. The van der Waals surface area contributed by atoms with E-state index in [0.717, 1.165) is 41.9 Å². The Hall–Kier alpha value is -2.93. The number of phenolic OH excluding ortho intramolecular Hbond substituents is 1. The van der Waals surface area contributed by atoms with Crippen LogP contribution in [-0.4, -0.2) is 21.5 Å². The Morgan fingerprint density at radius 2 is 2.13 bits per heavy atom. The summed E-state index contributed by atoms with van der Waals surface area (Å²) in [6.45, 7) is 7.21. The van der Waals surface area contributed by atoms with Gasteiger partial charge in [-0.05, 0) is 30.7 Å². The fraction of sp³-hybridized carbons (Fsp3) is 0.211. The maximum absolute atomic E-state index is 10.3. The smallest absolute Gasteiger partial charge is 0.123 e. The quantitative estimate of drug-likeness (QED) is 0.895. The van der Waals surface area contributed by atoms with Crippen molar-refractivity contribution in [2.75, 3.05) is 6.54 Å². The third-order valence-corrected chi connectivity index (χ3v) is 4.13. The molecule has 0 spiro atoms. The Morgan fingerprint density at radius 1 is 1.30 bits per heavy atom. The molecular weight excluding hydrogens is 286 g/mol. The van der Waals surface area contributed by atoms with Gasteiger partial charge in [-0.1, -0.05) is 19.9 Å². The van der Waals surface area contributed by atoms with Gasteiger partial charge in [-0.25, -0.2) is 0 Å². The molecule has 0 fully saturated rings.